The van der Waals surface area contributed by atoms with Crippen molar-refractivity contribution in [1.82, 2.24) is 29.9 Å². The minimum absolute atomic E-state index is 0.0171. The lowest BCUT2D eigenvalue weighted by molar-refractivity contribution is 0.0742. The molecule has 162 valence electrons. The third-order valence-corrected chi connectivity index (χ3v) is 5.50. The molecule has 2 aromatic carbocycles. The molecule has 0 radical (unpaired) electrons. The van der Waals surface area contributed by atoms with E-state index in [-0.39, 0.29) is 5.91 Å². The average Bonchev–Trinajstić information content (AvgIpc) is 3.29. The van der Waals surface area contributed by atoms with Crippen molar-refractivity contribution in [2.75, 3.05) is 37.7 Å². The predicted octanol–water partition coefficient (Wildman–Crippen LogP) is 2.57. The van der Waals surface area contributed by atoms with E-state index >= 15 is 0 Å². The molecule has 1 aliphatic rings. The topological polar surface area (TPSA) is 89.3 Å². The Labute approximate surface area is 185 Å². The molecule has 0 saturated carbocycles. The summed E-state index contributed by atoms with van der Waals surface area (Å²) in [6.07, 6.45) is 1.54. The zero-order valence-corrected chi connectivity index (χ0v) is 17.8. The number of amides is 1. The first-order valence-corrected chi connectivity index (χ1v) is 10.6. The number of ether oxygens (including phenoxy) is 1. The van der Waals surface area contributed by atoms with Crippen LogP contribution in [-0.4, -0.2) is 68.6 Å². The van der Waals surface area contributed by atoms with E-state index in [1.807, 2.05) is 66.4 Å². The second-order valence-electron chi connectivity index (χ2n) is 7.41. The van der Waals surface area contributed by atoms with Crippen molar-refractivity contribution in [3.63, 3.8) is 0 Å². The third-order valence-electron chi connectivity index (χ3n) is 5.50. The number of rotatable bonds is 5. The fraction of sp³-hybridized carbons (Fsp3) is 0.261. The molecule has 0 atom stereocenters. The number of hydrogen-bond acceptors (Lipinski definition) is 7. The fourth-order valence-electron chi connectivity index (χ4n) is 3.93. The largest absolute Gasteiger partial charge is 0.493 e. The molecule has 0 spiro atoms. The van der Waals surface area contributed by atoms with E-state index in [0.717, 1.165) is 11.5 Å². The number of anilines is 1. The summed E-state index contributed by atoms with van der Waals surface area (Å²) in [7, 11) is 0. The van der Waals surface area contributed by atoms with Crippen LogP contribution >= 0.6 is 0 Å². The van der Waals surface area contributed by atoms with Gasteiger partial charge in [0.2, 0.25) is 0 Å². The van der Waals surface area contributed by atoms with Crippen molar-refractivity contribution in [3.05, 3.63) is 66.5 Å². The van der Waals surface area contributed by atoms with Crippen LogP contribution in [0.25, 0.3) is 16.9 Å². The lowest BCUT2D eigenvalue weighted by Gasteiger charge is -2.35. The van der Waals surface area contributed by atoms with Crippen LogP contribution in [0.4, 0.5) is 5.82 Å². The summed E-state index contributed by atoms with van der Waals surface area (Å²) in [6.45, 7) is 4.89. The SMILES string of the molecule is CCOc1ccccc1C(=O)N1CCN(c2ncnc3c2nnn3-c2ccccc2)CC1. The zero-order chi connectivity index (χ0) is 21.9. The molecule has 1 saturated heterocycles. The van der Waals surface area contributed by atoms with Crippen LogP contribution in [0.5, 0.6) is 5.75 Å². The van der Waals surface area contributed by atoms with Gasteiger partial charge >= 0.3 is 0 Å². The minimum Gasteiger partial charge on any atom is -0.493 e. The standard InChI is InChI=1S/C23H23N7O2/c1-2-32-19-11-7-6-10-18(19)23(31)29-14-12-28(13-15-29)21-20-22(25-16-24-21)30(27-26-20)17-8-4-3-5-9-17/h3-11,16H,2,12-15H2,1H3. The highest BCUT2D eigenvalue weighted by molar-refractivity contribution is 5.97. The molecule has 0 bridgehead atoms. The van der Waals surface area contributed by atoms with E-state index in [1.54, 1.807) is 4.68 Å². The van der Waals surface area contributed by atoms with Gasteiger partial charge in [-0.25, -0.2) is 9.97 Å². The summed E-state index contributed by atoms with van der Waals surface area (Å²) in [4.78, 5) is 26.0. The van der Waals surface area contributed by atoms with Crippen LogP contribution in [-0.2, 0) is 0 Å². The van der Waals surface area contributed by atoms with Gasteiger partial charge in [-0.05, 0) is 31.2 Å². The molecule has 0 N–H and O–H groups in total. The Kier molecular flexibility index (Phi) is 5.37. The fourth-order valence-corrected chi connectivity index (χ4v) is 3.93. The molecule has 1 fully saturated rings. The van der Waals surface area contributed by atoms with Gasteiger partial charge < -0.3 is 14.5 Å². The summed E-state index contributed by atoms with van der Waals surface area (Å²) < 4.78 is 7.35. The lowest BCUT2D eigenvalue weighted by atomic mass is 10.1. The van der Waals surface area contributed by atoms with Crippen molar-refractivity contribution >= 4 is 22.9 Å². The quantitative estimate of drug-likeness (QED) is 0.482. The second-order valence-corrected chi connectivity index (χ2v) is 7.41. The molecule has 1 amide bonds. The molecule has 9 nitrogen and oxygen atoms in total. The molecular weight excluding hydrogens is 406 g/mol. The number of fused-ring (bicyclic) bond motifs is 1. The van der Waals surface area contributed by atoms with Gasteiger partial charge in [0.05, 0.1) is 17.9 Å². The number of hydrogen-bond donors (Lipinski definition) is 0. The van der Waals surface area contributed by atoms with Crippen LogP contribution in [0.1, 0.15) is 17.3 Å². The monoisotopic (exact) mass is 429 g/mol. The molecule has 32 heavy (non-hydrogen) atoms. The summed E-state index contributed by atoms with van der Waals surface area (Å²) in [6, 6.07) is 17.2. The third kappa shape index (κ3) is 3.62. The van der Waals surface area contributed by atoms with Gasteiger partial charge in [0.15, 0.2) is 17.0 Å². The Balaban J connectivity index is 1.35. The van der Waals surface area contributed by atoms with Gasteiger partial charge in [0, 0.05) is 26.2 Å². The van der Waals surface area contributed by atoms with E-state index in [1.165, 1.54) is 6.33 Å². The summed E-state index contributed by atoms with van der Waals surface area (Å²) in [5.41, 5.74) is 2.80. The van der Waals surface area contributed by atoms with E-state index in [9.17, 15) is 4.79 Å². The highest BCUT2D eigenvalue weighted by atomic mass is 16.5. The van der Waals surface area contributed by atoms with Crippen LogP contribution in [0.2, 0.25) is 0 Å². The molecule has 9 heteroatoms. The van der Waals surface area contributed by atoms with Crippen molar-refractivity contribution in [2.45, 2.75) is 6.92 Å². The number of benzene rings is 2. The van der Waals surface area contributed by atoms with Crippen LogP contribution in [0, 0.1) is 0 Å². The average molecular weight is 429 g/mol. The number of para-hydroxylation sites is 2. The Hall–Kier alpha value is -4.01. The Morgan fingerprint density at radius 3 is 2.50 bits per heavy atom. The lowest BCUT2D eigenvalue weighted by Crippen LogP contribution is -2.49. The molecular formula is C23H23N7O2. The summed E-state index contributed by atoms with van der Waals surface area (Å²) in [5.74, 6) is 1.34. The van der Waals surface area contributed by atoms with Crippen LogP contribution in [0.15, 0.2) is 60.9 Å². The highest BCUT2D eigenvalue weighted by Crippen LogP contribution is 2.25. The van der Waals surface area contributed by atoms with E-state index in [4.69, 9.17) is 4.74 Å². The van der Waals surface area contributed by atoms with Gasteiger partial charge in [-0.1, -0.05) is 35.5 Å². The maximum absolute atomic E-state index is 13.1. The number of carbonyl (C=O) groups is 1. The molecule has 0 unspecified atom stereocenters. The maximum atomic E-state index is 13.1. The predicted molar refractivity (Wildman–Crippen MR) is 120 cm³/mol. The normalized spacial score (nSPS) is 14.0. The van der Waals surface area contributed by atoms with Crippen molar-refractivity contribution in [2.24, 2.45) is 0 Å². The Morgan fingerprint density at radius 2 is 1.72 bits per heavy atom. The van der Waals surface area contributed by atoms with E-state index in [2.05, 4.69) is 25.2 Å². The molecule has 3 heterocycles. The number of carbonyl (C=O) groups excluding carboxylic acids is 1. The highest BCUT2D eigenvalue weighted by Gasteiger charge is 2.26. The molecule has 5 rings (SSSR count). The summed E-state index contributed by atoms with van der Waals surface area (Å²) >= 11 is 0. The molecule has 2 aromatic heterocycles. The second kappa shape index (κ2) is 8.62. The molecule has 1 aliphatic heterocycles. The molecule has 4 aromatic rings. The Bertz CT molecular complexity index is 1230. The van der Waals surface area contributed by atoms with Gasteiger partial charge in [-0.2, -0.15) is 4.68 Å². The smallest absolute Gasteiger partial charge is 0.257 e. The van der Waals surface area contributed by atoms with Crippen molar-refractivity contribution in [1.29, 1.82) is 0 Å². The Morgan fingerprint density at radius 1 is 0.969 bits per heavy atom. The summed E-state index contributed by atoms with van der Waals surface area (Å²) in [5, 5.41) is 8.64. The first kappa shape index (κ1) is 19.9. The molecule has 0 aliphatic carbocycles. The number of aromatic nitrogens is 5. The van der Waals surface area contributed by atoms with Crippen LogP contribution < -0.4 is 9.64 Å². The maximum Gasteiger partial charge on any atom is 0.257 e. The first-order chi connectivity index (χ1) is 15.8. The number of piperazine rings is 1. The van der Waals surface area contributed by atoms with Gasteiger partial charge in [0.25, 0.3) is 5.91 Å². The van der Waals surface area contributed by atoms with E-state index < -0.39 is 0 Å². The zero-order valence-electron chi connectivity index (χ0n) is 17.8. The van der Waals surface area contributed by atoms with Crippen molar-refractivity contribution in [3.8, 4) is 11.4 Å². The van der Waals surface area contributed by atoms with Crippen LogP contribution in [0.3, 0.4) is 0 Å². The van der Waals surface area contributed by atoms with Gasteiger partial charge in [-0.15, -0.1) is 5.10 Å². The van der Waals surface area contributed by atoms with Gasteiger partial charge in [0.1, 0.15) is 12.1 Å². The van der Waals surface area contributed by atoms with Crippen molar-refractivity contribution < 1.29 is 9.53 Å². The first-order valence-electron chi connectivity index (χ1n) is 10.6. The number of nitrogens with zero attached hydrogens (tertiary/aromatic N) is 7. The van der Waals surface area contributed by atoms with E-state index in [0.29, 0.717) is 55.3 Å². The minimum atomic E-state index is -0.0171. The van der Waals surface area contributed by atoms with Gasteiger partial charge in [-0.3, -0.25) is 4.79 Å².